The molecule has 0 fully saturated rings. The van der Waals surface area contributed by atoms with Crippen LogP contribution in [-0.4, -0.2) is 11.9 Å². The number of aryl methyl sites for hydroxylation is 1. The third-order valence-corrected chi connectivity index (χ3v) is 4.37. The molecule has 0 saturated carbocycles. The highest BCUT2D eigenvalue weighted by Crippen LogP contribution is 2.33. The minimum atomic E-state index is -4.53. The molecule has 8 heteroatoms. The predicted octanol–water partition coefficient (Wildman–Crippen LogP) is 4.28. The monoisotopic (exact) mass is 389 g/mol. The number of carbonyl (C=O) groups is 2. The third-order valence-electron chi connectivity index (χ3n) is 4.37. The highest BCUT2D eigenvalue weighted by molar-refractivity contribution is 6.06. The number of nitrogens with one attached hydrogen (secondary N) is 3. The summed E-state index contributed by atoms with van der Waals surface area (Å²) in [7, 11) is 0. The summed E-state index contributed by atoms with van der Waals surface area (Å²) in [5, 5.41) is 7.75. The lowest BCUT2D eigenvalue weighted by molar-refractivity contribution is -0.137. The van der Waals surface area contributed by atoms with Crippen molar-refractivity contribution in [3.05, 3.63) is 76.5 Å². The predicted molar refractivity (Wildman–Crippen MR) is 98.4 cm³/mol. The molecule has 0 aliphatic carbocycles. The van der Waals surface area contributed by atoms with Crippen molar-refractivity contribution in [3.8, 4) is 0 Å². The molecule has 1 atom stereocenters. The van der Waals surface area contributed by atoms with Crippen LogP contribution in [0.3, 0.4) is 0 Å². The van der Waals surface area contributed by atoms with Gasteiger partial charge in [0.25, 0.3) is 5.91 Å². The van der Waals surface area contributed by atoms with E-state index in [1.807, 2.05) is 19.1 Å². The van der Waals surface area contributed by atoms with Crippen LogP contribution in [0.25, 0.3) is 0 Å². The fourth-order valence-electron chi connectivity index (χ4n) is 2.97. The number of allylic oxidation sites excluding steroid dienone is 1. The Bertz CT molecular complexity index is 950. The Morgan fingerprint density at radius 2 is 1.75 bits per heavy atom. The molecule has 0 saturated heterocycles. The van der Waals surface area contributed by atoms with Gasteiger partial charge >= 0.3 is 12.2 Å². The maximum Gasteiger partial charge on any atom is 0.416 e. The smallest absolute Gasteiger partial charge is 0.327 e. The molecule has 5 nitrogen and oxygen atoms in total. The van der Waals surface area contributed by atoms with Gasteiger partial charge < -0.3 is 16.0 Å². The fraction of sp³-hybridized carbons (Fsp3) is 0.200. The van der Waals surface area contributed by atoms with E-state index < -0.39 is 29.7 Å². The number of hydrogen-bond acceptors (Lipinski definition) is 2. The van der Waals surface area contributed by atoms with Gasteiger partial charge in [-0.15, -0.1) is 0 Å². The van der Waals surface area contributed by atoms with E-state index in [0.717, 1.165) is 17.7 Å². The minimum Gasteiger partial charge on any atom is -0.327 e. The summed E-state index contributed by atoms with van der Waals surface area (Å²) in [4.78, 5) is 24.7. The number of benzene rings is 2. The normalized spacial score (nSPS) is 17.0. The molecular weight excluding hydrogens is 371 g/mol. The highest BCUT2D eigenvalue weighted by Gasteiger charge is 2.34. The summed E-state index contributed by atoms with van der Waals surface area (Å²) >= 11 is 0. The zero-order chi connectivity index (χ0) is 20.5. The van der Waals surface area contributed by atoms with E-state index in [1.165, 1.54) is 19.1 Å². The molecule has 1 heterocycles. The van der Waals surface area contributed by atoms with Gasteiger partial charge in [-0.2, -0.15) is 13.2 Å². The van der Waals surface area contributed by atoms with E-state index in [0.29, 0.717) is 5.69 Å². The average molecular weight is 389 g/mol. The summed E-state index contributed by atoms with van der Waals surface area (Å²) in [5.74, 6) is -0.517. The van der Waals surface area contributed by atoms with Crippen LogP contribution in [0.5, 0.6) is 0 Å². The van der Waals surface area contributed by atoms with Crippen molar-refractivity contribution in [1.29, 1.82) is 0 Å². The maximum atomic E-state index is 13.1. The Kier molecular flexibility index (Phi) is 5.13. The van der Waals surface area contributed by atoms with E-state index in [2.05, 4.69) is 16.0 Å². The van der Waals surface area contributed by atoms with E-state index >= 15 is 0 Å². The van der Waals surface area contributed by atoms with E-state index in [9.17, 15) is 22.8 Å². The average Bonchev–Trinajstić information content (AvgIpc) is 2.62. The van der Waals surface area contributed by atoms with Gasteiger partial charge in [-0.3, -0.25) is 4.79 Å². The lowest BCUT2D eigenvalue weighted by atomic mass is 9.93. The zero-order valence-corrected chi connectivity index (χ0v) is 15.1. The van der Waals surface area contributed by atoms with E-state index in [-0.39, 0.29) is 16.8 Å². The van der Waals surface area contributed by atoms with Crippen molar-refractivity contribution >= 4 is 17.6 Å². The summed E-state index contributed by atoms with van der Waals surface area (Å²) in [6, 6.07) is 10.0. The van der Waals surface area contributed by atoms with Crippen LogP contribution in [0.4, 0.5) is 23.7 Å². The van der Waals surface area contributed by atoms with Gasteiger partial charge in [0.2, 0.25) is 0 Å². The first-order valence-electron chi connectivity index (χ1n) is 8.48. The van der Waals surface area contributed by atoms with Crippen molar-refractivity contribution in [2.24, 2.45) is 0 Å². The first-order chi connectivity index (χ1) is 13.1. The Morgan fingerprint density at radius 1 is 1.07 bits per heavy atom. The molecular formula is C20H18F3N3O2. The minimum absolute atomic E-state index is 0.138. The van der Waals surface area contributed by atoms with Gasteiger partial charge in [-0.05, 0) is 43.7 Å². The van der Waals surface area contributed by atoms with Gasteiger partial charge in [0.05, 0.1) is 17.2 Å². The standard InChI is InChI=1S/C20H18F3N3O2/c1-11-6-8-15(9-7-11)25-18(27)16-12(2)24-19(28)26-17(16)13-4-3-5-14(10-13)20(21,22)23/h3-10,17H,1-2H3,(H,25,27)(H2,24,26,28)/t17-/m0/s1. The van der Waals surface area contributed by atoms with E-state index in [4.69, 9.17) is 0 Å². The molecule has 146 valence electrons. The topological polar surface area (TPSA) is 70.2 Å². The first kappa shape index (κ1) is 19.5. The number of urea groups is 1. The van der Waals surface area contributed by atoms with Crippen LogP contribution in [0, 0.1) is 6.92 Å². The van der Waals surface area contributed by atoms with Crippen LogP contribution >= 0.6 is 0 Å². The molecule has 0 unspecified atom stereocenters. The number of anilines is 1. The highest BCUT2D eigenvalue weighted by atomic mass is 19.4. The SMILES string of the molecule is CC1=C(C(=O)Nc2ccc(C)cc2)[C@H](c2cccc(C(F)(F)F)c2)NC(=O)N1. The van der Waals surface area contributed by atoms with Crippen molar-refractivity contribution in [1.82, 2.24) is 10.6 Å². The van der Waals surface area contributed by atoms with Crippen LogP contribution in [0.15, 0.2) is 59.8 Å². The zero-order valence-electron chi connectivity index (χ0n) is 15.1. The van der Waals surface area contributed by atoms with Crippen molar-refractivity contribution in [2.75, 3.05) is 5.32 Å². The molecule has 3 N–H and O–H groups in total. The molecule has 0 bridgehead atoms. The van der Waals surface area contributed by atoms with Gasteiger partial charge in [-0.25, -0.2) is 4.79 Å². The number of halogens is 3. The lowest BCUT2D eigenvalue weighted by Crippen LogP contribution is -2.46. The Balaban J connectivity index is 1.97. The van der Waals surface area contributed by atoms with Crippen LogP contribution < -0.4 is 16.0 Å². The summed E-state index contributed by atoms with van der Waals surface area (Å²) < 4.78 is 39.2. The van der Waals surface area contributed by atoms with Crippen LogP contribution in [-0.2, 0) is 11.0 Å². The molecule has 2 aromatic rings. The number of hydrogen-bond donors (Lipinski definition) is 3. The van der Waals surface area contributed by atoms with Gasteiger partial charge in [-0.1, -0.05) is 29.8 Å². The molecule has 0 radical (unpaired) electrons. The van der Waals surface area contributed by atoms with Gasteiger partial charge in [0.1, 0.15) is 0 Å². The summed E-state index contributed by atoms with van der Waals surface area (Å²) in [5.41, 5.74) is 1.28. The Morgan fingerprint density at radius 3 is 2.39 bits per heavy atom. The van der Waals surface area contributed by atoms with Crippen molar-refractivity contribution in [2.45, 2.75) is 26.1 Å². The van der Waals surface area contributed by atoms with Gasteiger partial charge in [0.15, 0.2) is 0 Å². The number of carbonyl (C=O) groups excluding carboxylic acids is 2. The maximum absolute atomic E-state index is 13.1. The first-order valence-corrected chi connectivity index (χ1v) is 8.48. The molecule has 0 spiro atoms. The fourth-order valence-corrected chi connectivity index (χ4v) is 2.97. The third kappa shape index (κ3) is 4.16. The Labute approximate surface area is 159 Å². The van der Waals surface area contributed by atoms with Crippen molar-refractivity contribution < 1.29 is 22.8 Å². The Hall–Kier alpha value is -3.29. The number of rotatable bonds is 3. The molecule has 3 rings (SSSR count). The molecule has 2 aromatic carbocycles. The molecule has 0 aromatic heterocycles. The largest absolute Gasteiger partial charge is 0.416 e. The molecule has 28 heavy (non-hydrogen) atoms. The summed E-state index contributed by atoms with van der Waals surface area (Å²) in [6.45, 7) is 3.44. The van der Waals surface area contributed by atoms with E-state index in [1.54, 1.807) is 12.1 Å². The second-order valence-electron chi connectivity index (χ2n) is 6.51. The van der Waals surface area contributed by atoms with Crippen LogP contribution in [0.2, 0.25) is 0 Å². The van der Waals surface area contributed by atoms with Crippen LogP contribution in [0.1, 0.15) is 29.7 Å². The second-order valence-corrected chi connectivity index (χ2v) is 6.51. The quantitative estimate of drug-likeness (QED) is 0.733. The lowest BCUT2D eigenvalue weighted by Gasteiger charge is -2.29. The van der Waals surface area contributed by atoms with Gasteiger partial charge in [0, 0.05) is 11.4 Å². The van der Waals surface area contributed by atoms with Crippen molar-refractivity contribution in [3.63, 3.8) is 0 Å². The number of alkyl halides is 3. The molecule has 3 amide bonds. The molecule has 1 aliphatic heterocycles. The molecule has 1 aliphatic rings. The second kappa shape index (κ2) is 7.38. The number of amides is 3. The summed E-state index contributed by atoms with van der Waals surface area (Å²) in [6.07, 6.45) is -4.53.